The van der Waals surface area contributed by atoms with Crippen LogP contribution in [-0.4, -0.2) is 65.5 Å². The fourth-order valence-corrected chi connectivity index (χ4v) is 3.82. The Hall–Kier alpha value is -1.92. The Morgan fingerprint density at radius 3 is 2.54 bits per heavy atom. The van der Waals surface area contributed by atoms with E-state index in [-0.39, 0.29) is 13.2 Å². The normalized spacial score (nSPS) is 18.3. The van der Waals surface area contributed by atoms with Crippen LogP contribution in [-0.2, 0) is 13.1 Å². The largest absolute Gasteiger partial charge is 0.491 e. The number of piperazine rings is 1. The summed E-state index contributed by atoms with van der Waals surface area (Å²) < 4.78 is 5.53. The van der Waals surface area contributed by atoms with E-state index >= 15 is 0 Å². The van der Waals surface area contributed by atoms with Crippen LogP contribution in [0.25, 0.3) is 0 Å². The van der Waals surface area contributed by atoms with Gasteiger partial charge in [-0.1, -0.05) is 42.0 Å². The lowest BCUT2D eigenvalue weighted by Crippen LogP contribution is -2.52. The molecule has 1 saturated heterocycles. The second-order valence-electron chi connectivity index (χ2n) is 7.58. The van der Waals surface area contributed by atoms with Gasteiger partial charge < -0.3 is 14.9 Å². The molecule has 0 saturated carbocycles. The van der Waals surface area contributed by atoms with Crippen LogP contribution in [0.4, 0.5) is 0 Å². The Morgan fingerprint density at radius 1 is 0.964 bits per heavy atom. The summed E-state index contributed by atoms with van der Waals surface area (Å²) in [5.41, 5.74) is 3.83. The molecule has 0 aromatic heterocycles. The molecule has 1 aliphatic rings. The molecule has 1 fully saturated rings. The molecule has 0 aliphatic carbocycles. The number of ether oxygens (including phenoxy) is 1. The molecule has 2 aromatic carbocycles. The van der Waals surface area contributed by atoms with Gasteiger partial charge in [0, 0.05) is 45.4 Å². The molecule has 0 amide bonds. The Balaban J connectivity index is 1.59. The van der Waals surface area contributed by atoms with Crippen LogP contribution in [0.3, 0.4) is 0 Å². The summed E-state index contributed by atoms with van der Waals surface area (Å²) in [6.45, 7) is 7.44. The van der Waals surface area contributed by atoms with Gasteiger partial charge in [-0.3, -0.25) is 9.80 Å². The molecule has 1 heterocycles. The fraction of sp³-hybridized carbons (Fsp3) is 0.478. The number of aliphatic hydroxyl groups is 2. The van der Waals surface area contributed by atoms with Crippen molar-refractivity contribution in [2.75, 3.05) is 39.5 Å². The predicted octanol–water partition coefficient (Wildman–Crippen LogP) is 2.43. The summed E-state index contributed by atoms with van der Waals surface area (Å²) in [4.78, 5) is 4.95. The van der Waals surface area contributed by atoms with Crippen molar-refractivity contribution in [2.45, 2.75) is 32.5 Å². The molecule has 0 radical (unpaired) electrons. The number of nitrogens with zero attached hydrogens (tertiary/aromatic N) is 2. The lowest BCUT2D eigenvalue weighted by atomic mass is 10.1. The fourth-order valence-electron chi connectivity index (χ4n) is 3.82. The van der Waals surface area contributed by atoms with Crippen LogP contribution in [0, 0.1) is 6.92 Å². The number of aryl methyl sites for hydroxylation is 1. The molecule has 28 heavy (non-hydrogen) atoms. The quantitative estimate of drug-likeness (QED) is 0.696. The van der Waals surface area contributed by atoms with E-state index in [2.05, 4.69) is 53.1 Å². The third-order valence-corrected chi connectivity index (χ3v) is 5.32. The number of aliphatic hydroxyl groups excluding tert-OH is 2. The predicted molar refractivity (Wildman–Crippen MR) is 111 cm³/mol. The third-order valence-electron chi connectivity index (χ3n) is 5.32. The zero-order valence-electron chi connectivity index (χ0n) is 16.8. The van der Waals surface area contributed by atoms with Crippen molar-refractivity contribution in [1.29, 1.82) is 0 Å². The highest BCUT2D eigenvalue weighted by atomic mass is 16.5. The average molecular weight is 385 g/mol. The zero-order valence-corrected chi connectivity index (χ0v) is 16.8. The van der Waals surface area contributed by atoms with Crippen molar-refractivity contribution in [1.82, 2.24) is 9.80 Å². The van der Waals surface area contributed by atoms with Crippen molar-refractivity contribution in [3.63, 3.8) is 0 Å². The number of hydrogen-bond acceptors (Lipinski definition) is 5. The molecule has 0 bridgehead atoms. The summed E-state index contributed by atoms with van der Waals surface area (Å²) in [6, 6.07) is 17.2. The summed E-state index contributed by atoms with van der Waals surface area (Å²) in [5.74, 6) is 0.802. The molecule has 152 valence electrons. The van der Waals surface area contributed by atoms with E-state index in [1.807, 2.05) is 12.1 Å². The van der Waals surface area contributed by atoms with E-state index < -0.39 is 0 Å². The smallest absolute Gasteiger partial charge is 0.119 e. The highest BCUT2D eigenvalue weighted by molar-refractivity contribution is 5.28. The second kappa shape index (κ2) is 10.6. The van der Waals surface area contributed by atoms with Gasteiger partial charge in [0.05, 0.1) is 6.61 Å². The topological polar surface area (TPSA) is 56.2 Å². The summed E-state index contributed by atoms with van der Waals surface area (Å²) in [6.07, 6.45) is 0.794. The van der Waals surface area contributed by atoms with Crippen LogP contribution in [0.2, 0.25) is 0 Å². The van der Waals surface area contributed by atoms with Crippen LogP contribution in [0.15, 0.2) is 48.5 Å². The van der Waals surface area contributed by atoms with Gasteiger partial charge in [0.1, 0.15) is 12.4 Å². The maximum absolute atomic E-state index is 9.55. The second-order valence-corrected chi connectivity index (χ2v) is 7.58. The molecule has 1 aliphatic heterocycles. The van der Waals surface area contributed by atoms with Crippen molar-refractivity contribution < 1.29 is 14.9 Å². The van der Waals surface area contributed by atoms with Gasteiger partial charge in [-0.05, 0) is 36.6 Å². The molecular formula is C23H32N2O3. The summed E-state index contributed by atoms with van der Waals surface area (Å²) in [7, 11) is 0. The summed E-state index contributed by atoms with van der Waals surface area (Å²) in [5, 5.41) is 18.5. The molecule has 5 heteroatoms. The van der Waals surface area contributed by atoms with Crippen LogP contribution >= 0.6 is 0 Å². The van der Waals surface area contributed by atoms with E-state index in [0.29, 0.717) is 12.6 Å². The average Bonchev–Trinajstić information content (AvgIpc) is 2.70. The first kappa shape index (κ1) is 20.8. The first-order valence-corrected chi connectivity index (χ1v) is 10.1. The van der Waals surface area contributed by atoms with E-state index in [1.165, 1.54) is 16.7 Å². The van der Waals surface area contributed by atoms with Crippen molar-refractivity contribution in [3.05, 3.63) is 65.2 Å². The SMILES string of the molecule is Cc1ccc(CN2CCN(Cc3cccc(OCCO)c3)C[C@@H]2CCO)cc1. The first-order chi connectivity index (χ1) is 13.7. The molecular weight excluding hydrogens is 352 g/mol. The molecule has 1 atom stereocenters. The van der Waals surface area contributed by atoms with Gasteiger partial charge in [-0.15, -0.1) is 0 Å². The maximum atomic E-state index is 9.55. The minimum absolute atomic E-state index is 0.0238. The highest BCUT2D eigenvalue weighted by Crippen LogP contribution is 2.20. The first-order valence-electron chi connectivity index (χ1n) is 10.1. The van der Waals surface area contributed by atoms with Crippen LogP contribution in [0.1, 0.15) is 23.1 Å². The van der Waals surface area contributed by atoms with Gasteiger partial charge in [-0.25, -0.2) is 0 Å². The molecule has 2 N–H and O–H groups in total. The van der Waals surface area contributed by atoms with Crippen molar-refractivity contribution in [3.8, 4) is 5.75 Å². The Bertz CT molecular complexity index is 720. The lowest BCUT2D eigenvalue weighted by Gasteiger charge is -2.41. The van der Waals surface area contributed by atoms with E-state index in [1.54, 1.807) is 0 Å². The Morgan fingerprint density at radius 2 is 1.79 bits per heavy atom. The van der Waals surface area contributed by atoms with Gasteiger partial charge in [0.15, 0.2) is 0 Å². The Labute approximate surface area is 168 Å². The van der Waals surface area contributed by atoms with Crippen molar-refractivity contribution in [2.24, 2.45) is 0 Å². The van der Waals surface area contributed by atoms with Gasteiger partial charge >= 0.3 is 0 Å². The number of rotatable bonds is 9. The minimum atomic E-state index is 0.0238. The van der Waals surface area contributed by atoms with E-state index in [0.717, 1.165) is 44.9 Å². The Kier molecular flexibility index (Phi) is 7.86. The molecule has 3 rings (SSSR count). The summed E-state index contributed by atoms with van der Waals surface area (Å²) >= 11 is 0. The third kappa shape index (κ3) is 6.04. The molecule has 5 nitrogen and oxygen atoms in total. The minimum Gasteiger partial charge on any atom is -0.491 e. The number of hydrogen-bond donors (Lipinski definition) is 2. The maximum Gasteiger partial charge on any atom is 0.119 e. The standard InChI is InChI=1S/C23H32N2O3/c1-19-5-7-20(8-6-19)17-25-11-10-24(18-22(25)9-12-26)16-21-3-2-4-23(15-21)28-14-13-27/h2-8,15,22,26-27H,9-14,16-18H2,1H3/t22-/m0/s1. The van der Waals surface area contributed by atoms with Gasteiger partial charge in [0.25, 0.3) is 0 Å². The van der Waals surface area contributed by atoms with Crippen molar-refractivity contribution >= 4 is 0 Å². The van der Waals surface area contributed by atoms with Gasteiger partial charge in [-0.2, -0.15) is 0 Å². The highest BCUT2D eigenvalue weighted by Gasteiger charge is 2.26. The number of benzene rings is 2. The zero-order chi connectivity index (χ0) is 19.8. The molecule has 0 spiro atoms. The van der Waals surface area contributed by atoms with Gasteiger partial charge in [0.2, 0.25) is 0 Å². The molecule has 2 aromatic rings. The monoisotopic (exact) mass is 384 g/mol. The van der Waals surface area contributed by atoms with E-state index in [9.17, 15) is 5.11 Å². The molecule has 0 unspecified atom stereocenters. The van der Waals surface area contributed by atoms with Crippen LogP contribution < -0.4 is 4.74 Å². The van der Waals surface area contributed by atoms with Crippen LogP contribution in [0.5, 0.6) is 5.75 Å². The van der Waals surface area contributed by atoms with E-state index in [4.69, 9.17) is 9.84 Å². The lowest BCUT2D eigenvalue weighted by molar-refractivity contribution is 0.0499.